The van der Waals surface area contributed by atoms with E-state index in [1.807, 2.05) is 0 Å². The molecule has 0 aliphatic heterocycles. The van der Waals surface area contributed by atoms with E-state index in [9.17, 15) is 14.7 Å². The number of aromatic nitrogens is 4. The van der Waals surface area contributed by atoms with Gasteiger partial charge in [-0.15, -0.1) is 5.10 Å². The highest BCUT2D eigenvalue weighted by atomic mass is 16.6. The summed E-state index contributed by atoms with van der Waals surface area (Å²) in [6.07, 6.45) is 8.17. The van der Waals surface area contributed by atoms with E-state index in [2.05, 4.69) is 15.3 Å². The fraction of sp³-hybridized carbons (Fsp3) is 0.609. The first-order chi connectivity index (χ1) is 15.9. The van der Waals surface area contributed by atoms with E-state index in [1.54, 1.807) is 42.0 Å². The lowest BCUT2D eigenvalue weighted by Crippen LogP contribution is -2.35. The van der Waals surface area contributed by atoms with Crippen LogP contribution < -0.4 is 4.74 Å². The zero-order chi connectivity index (χ0) is 23.2. The van der Waals surface area contributed by atoms with Gasteiger partial charge in [0, 0.05) is 26.1 Å². The summed E-state index contributed by atoms with van der Waals surface area (Å²) in [6, 6.07) is 3.79. The molecule has 3 fully saturated rings. The third-order valence-corrected chi connectivity index (χ3v) is 7.52. The van der Waals surface area contributed by atoms with Gasteiger partial charge in [-0.1, -0.05) is 18.1 Å². The van der Waals surface area contributed by atoms with Gasteiger partial charge in [0.2, 0.25) is 0 Å². The summed E-state index contributed by atoms with van der Waals surface area (Å²) in [7, 11) is 3.53. The minimum absolute atomic E-state index is 0.0414. The lowest BCUT2D eigenvalue weighted by Gasteiger charge is -2.23. The normalized spacial score (nSPS) is 26.1. The van der Waals surface area contributed by atoms with Crippen molar-refractivity contribution in [2.75, 3.05) is 7.05 Å². The van der Waals surface area contributed by atoms with E-state index in [0.717, 1.165) is 44.9 Å². The summed E-state index contributed by atoms with van der Waals surface area (Å²) in [5.74, 6) is -0.598. The maximum absolute atomic E-state index is 12.5. The molecule has 3 aliphatic carbocycles. The Morgan fingerprint density at radius 2 is 2.03 bits per heavy atom. The summed E-state index contributed by atoms with van der Waals surface area (Å²) in [5.41, 5.74) is 1.17. The van der Waals surface area contributed by atoms with Crippen molar-refractivity contribution >= 4 is 12.1 Å². The highest BCUT2D eigenvalue weighted by molar-refractivity contribution is 5.77. The average Bonchev–Trinajstić information content (AvgIpc) is 3.29. The predicted molar refractivity (Wildman–Crippen MR) is 116 cm³/mol. The van der Waals surface area contributed by atoms with Gasteiger partial charge in [-0.3, -0.25) is 9.78 Å². The molecule has 1 N–H and O–H groups in total. The molecule has 1 amide bonds. The van der Waals surface area contributed by atoms with E-state index in [1.165, 1.54) is 0 Å². The molecule has 176 valence electrons. The minimum Gasteiger partial charge on any atom is -0.484 e. The summed E-state index contributed by atoms with van der Waals surface area (Å²) in [6.45, 7) is 0.0414. The Hall–Kier alpha value is -3.17. The van der Waals surface area contributed by atoms with E-state index in [4.69, 9.17) is 9.47 Å². The maximum atomic E-state index is 12.5. The fourth-order valence-corrected chi connectivity index (χ4v) is 5.62. The van der Waals surface area contributed by atoms with E-state index >= 15 is 0 Å². The van der Waals surface area contributed by atoms with Crippen LogP contribution in [0.15, 0.2) is 18.3 Å². The number of aryl methyl sites for hydroxylation is 1. The molecular weight excluding hydrogens is 426 g/mol. The van der Waals surface area contributed by atoms with Crippen molar-refractivity contribution in [3.63, 3.8) is 0 Å². The Kier molecular flexibility index (Phi) is 5.46. The van der Waals surface area contributed by atoms with Crippen molar-refractivity contribution in [2.24, 2.45) is 18.9 Å². The molecule has 3 aliphatic rings. The Labute approximate surface area is 191 Å². The van der Waals surface area contributed by atoms with Gasteiger partial charge in [0.05, 0.1) is 11.9 Å². The van der Waals surface area contributed by atoms with Crippen LogP contribution >= 0.6 is 0 Å². The summed E-state index contributed by atoms with van der Waals surface area (Å²) in [5, 5.41) is 17.7. The average molecular weight is 456 g/mol. The van der Waals surface area contributed by atoms with Crippen molar-refractivity contribution in [2.45, 2.75) is 63.2 Å². The molecule has 0 bridgehead atoms. The number of carbonyl (C=O) groups is 2. The standard InChI is InChI=1S/C23H29N5O5/c1-27(14-6-3-4-7-14)22(31)32-13-18-20(25-26-28(18)2)17-10-9-15(12-24-17)33-23-11-5-8-16(23)19(23)21(29)30/h9-10,12,14,16,19H,3-8,11,13H2,1-2H3,(H,29,30). The molecule has 10 nitrogen and oxygen atoms in total. The largest absolute Gasteiger partial charge is 0.484 e. The monoisotopic (exact) mass is 455 g/mol. The van der Waals surface area contributed by atoms with Crippen LogP contribution in [-0.2, 0) is 23.2 Å². The molecule has 2 aromatic rings. The molecule has 10 heteroatoms. The molecule has 3 atom stereocenters. The zero-order valence-electron chi connectivity index (χ0n) is 18.9. The molecule has 2 heterocycles. The topological polar surface area (TPSA) is 120 Å². The van der Waals surface area contributed by atoms with Gasteiger partial charge >= 0.3 is 12.1 Å². The van der Waals surface area contributed by atoms with Crippen LogP contribution in [0.4, 0.5) is 4.79 Å². The van der Waals surface area contributed by atoms with E-state index in [-0.39, 0.29) is 24.7 Å². The van der Waals surface area contributed by atoms with Gasteiger partial charge in [-0.05, 0) is 44.2 Å². The van der Waals surface area contributed by atoms with Gasteiger partial charge in [-0.2, -0.15) is 0 Å². The number of hydrogen-bond donors (Lipinski definition) is 1. The fourth-order valence-electron chi connectivity index (χ4n) is 5.62. The van der Waals surface area contributed by atoms with Crippen LogP contribution in [0.25, 0.3) is 11.4 Å². The smallest absolute Gasteiger partial charge is 0.410 e. The first kappa shape index (κ1) is 21.7. The first-order valence-corrected chi connectivity index (χ1v) is 11.6. The lowest BCUT2D eigenvalue weighted by molar-refractivity contribution is -0.140. The Balaban J connectivity index is 1.26. The number of rotatable bonds is 7. The number of nitrogens with zero attached hydrogens (tertiary/aromatic N) is 5. The molecule has 0 aromatic carbocycles. The van der Waals surface area contributed by atoms with Crippen molar-refractivity contribution in [1.29, 1.82) is 0 Å². The van der Waals surface area contributed by atoms with Crippen LogP contribution in [0.3, 0.4) is 0 Å². The van der Waals surface area contributed by atoms with Crippen LogP contribution in [0.5, 0.6) is 5.75 Å². The summed E-state index contributed by atoms with van der Waals surface area (Å²) in [4.78, 5) is 30.2. The van der Waals surface area contributed by atoms with Gasteiger partial charge in [0.1, 0.15) is 35.3 Å². The molecule has 33 heavy (non-hydrogen) atoms. The number of aliphatic carboxylic acids is 1. The lowest BCUT2D eigenvalue weighted by atomic mass is 10.1. The Bertz CT molecular complexity index is 1050. The quantitative estimate of drug-likeness (QED) is 0.677. The van der Waals surface area contributed by atoms with Crippen LogP contribution in [0.1, 0.15) is 50.6 Å². The number of hydrogen-bond acceptors (Lipinski definition) is 7. The second-order valence-corrected chi connectivity index (χ2v) is 9.36. The van der Waals surface area contributed by atoms with Crippen LogP contribution in [0.2, 0.25) is 0 Å². The van der Waals surface area contributed by atoms with Crippen LogP contribution in [-0.4, -0.2) is 60.7 Å². The third kappa shape index (κ3) is 3.81. The highest BCUT2D eigenvalue weighted by Crippen LogP contribution is 2.63. The molecule has 3 unspecified atom stereocenters. The van der Waals surface area contributed by atoms with Crippen molar-refractivity contribution in [3.05, 3.63) is 24.0 Å². The number of ether oxygens (including phenoxy) is 2. The van der Waals surface area contributed by atoms with E-state index < -0.39 is 17.5 Å². The van der Waals surface area contributed by atoms with Crippen molar-refractivity contribution in [1.82, 2.24) is 24.9 Å². The van der Waals surface area contributed by atoms with Crippen molar-refractivity contribution in [3.8, 4) is 17.1 Å². The molecule has 0 spiro atoms. The summed E-state index contributed by atoms with van der Waals surface area (Å²) >= 11 is 0. The zero-order valence-corrected chi connectivity index (χ0v) is 18.9. The number of carboxylic acids is 1. The molecule has 0 saturated heterocycles. The predicted octanol–water partition coefficient (Wildman–Crippen LogP) is 3.02. The Morgan fingerprint density at radius 3 is 2.70 bits per heavy atom. The van der Waals surface area contributed by atoms with Gasteiger partial charge < -0.3 is 19.5 Å². The van der Waals surface area contributed by atoms with E-state index in [0.29, 0.717) is 22.8 Å². The Morgan fingerprint density at radius 1 is 1.24 bits per heavy atom. The second-order valence-electron chi connectivity index (χ2n) is 9.36. The molecule has 2 aromatic heterocycles. The number of pyridine rings is 1. The van der Waals surface area contributed by atoms with Gasteiger partial charge in [0.15, 0.2) is 0 Å². The SMILES string of the molecule is CN(C(=O)OCc1c(-c2ccc(OC34CCCC3C4C(=O)O)cn2)nnn1C)C1CCCC1. The number of carboxylic acid groups (broad SMARTS) is 1. The van der Waals surface area contributed by atoms with Gasteiger partial charge in [0.25, 0.3) is 0 Å². The molecule has 5 rings (SSSR count). The first-order valence-electron chi connectivity index (χ1n) is 11.6. The van der Waals surface area contributed by atoms with Gasteiger partial charge in [-0.25, -0.2) is 9.48 Å². The third-order valence-electron chi connectivity index (χ3n) is 7.52. The molecular formula is C23H29N5O5. The minimum atomic E-state index is -0.790. The number of carbonyl (C=O) groups excluding carboxylic acids is 1. The molecule has 3 saturated carbocycles. The summed E-state index contributed by atoms with van der Waals surface area (Å²) < 4.78 is 13.3. The van der Waals surface area contributed by atoms with Crippen LogP contribution in [0, 0.1) is 11.8 Å². The second kappa shape index (κ2) is 8.31. The highest BCUT2D eigenvalue weighted by Gasteiger charge is 2.73. The molecule has 0 radical (unpaired) electrons. The number of amides is 1. The maximum Gasteiger partial charge on any atom is 0.410 e. The van der Waals surface area contributed by atoms with Crippen molar-refractivity contribution < 1.29 is 24.2 Å². The number of fused-ring (bicyclic) bond motifs is 1.